The summed E-state index contributed by atoms with van der Waals surface area (Å²) >= 11 is 0. The average molecular weight is 220 g/mol. The maximum absolute atomic E-state index is 11.1. The zero-order chi connectivity index (χ0) is 12.0. The van der Waals surface area contributed by atoms with E-state index < -0.39 is 0 Å². The third-order valence-corrected chi connectivity index (χ3v) is 2.54. The molecule has 0 heterocycles. The molecule has 0 aliphatic heterocycles. The van der Waals surface area contributed by atoms with E-state index in [0.717, 1.165) is 24.8 Å². The molecule has 0 saturated carbocycles. The van der Waals surface area contributed by atoms with Crippen molar-refractivity contribution in [3.8, 4) is 0 Å². The van der Waals surface area contributed by atoms with E-state index in [2.05, 4.69) is 13.0 Å². The van der Waals surface area contributed by atoms with Gasteiger partial charge in [-0.25, -0.2) is 0 Å². The highest BCUT2D eigenvalue weighted by molar-refractivity contribution is 5.66. The van der Waals surface area contributed by atoms with Gasteiger partial charge in [0.2, 0.25) is 0 Å². The van der Waals surface area contributed by atoms with Crippen LogP contribution in [0, 0.1) is 6.92 Å². The van der Waals surface area contributed by atoms with E-state index >= 15 is 0 Å². The predicted octanol–water partition coefficient (Wildman–Crippen LogP) is 3.79. The Labute approximate surface area is 97.6 Å². The van der Waals surface area contributed by atoms with Gasteiger partial charge in [0.1, 0.15) is 6.10 Å². The Kier molecular flexibility index (Phi) is 5.03. The van der Waals surface area contributed by atoms with Gasteiger partial charge in [0.15, 0.2) is 0 Å². The van der Waals surface area contributed by atoms with Crippen LogP contribution < -0.4 is 0 Å². The number of aryl methyl sites for hydroxylation is 1. The third kappa shape index (κ3) is 4.05. The molecule has 2 heteroatoms. The van der Waals surface area contributed by atoms with Gasteiger partial charge in [-0.3, -0.25) is 4.79 Å². The van der Waals surface area contributed by atoms with Crippen molar-refractivity contribution in [2.24, 2.45) is 0 Å². The summed E-state index contributed by atoms with van der Waals surface area (Å²) in [5.41, 5.74) is 2.30. The van der Waals surface area contributed by atoms with E-state index in [1.54, 1.807) is 0 Å². The third-order valence-electron chi connectivity index (χ3n) is 2.54. The molecular formula is C14H20O2. The van der Waals surface area contributed by atoms with Gasteiger partial charge in [-0.15, -0.1) is 0 Å². The molecule has 1 aromatic rings. The minimum Gasteiger partial charge on any atom is -0.458 e. The van der Waals surface area contributed by atoms with Gasteiger partial charge in [-0.1, -0.05) is 43.2 Å². The van der Waals surface area contributed by atoms with Crippen molar-refractivity contribution in [1.29, 1.82) is 0 Å². The van der Waals surface area contributed by atoms with E-state index in [1.807, 2.05) is 25.1 Å². The molecule has 2 nitrogen and oxygen atoms in total. The summed E-state index contributed by atoms with van der Waals surface area (Å²) in [6.45, 7) is 5.66. The molecule has 1 aromatic carbocycles. The van der Waals surface area contributed by atoms with Crippen LogP contribution in [0.2, 0.25) is 0 Å². The van der Waals surface area contributed by atoms with Crippen molar-refractivity contribution in [3.05, 3.63) is 35.4 Å². The van der Waals surface area contributed by atoms with E-state index in [1.165, 1.54) is 12.5 Å². The molecule has 0 aliphatic carbocycles. The zero-order valence-corrected chi connectivity index (χ0v) is 10.3. The number of hydrogen-bond donors (Lipinski definition) is 0. The van der Waals surface area contributed by atoms with E-state index in [4.69, 9.17) is 4.74 Å². The minimum absolute atomic E-state index is 0.0858. The number of unbranched alkanes of at least 4 members (excludes halogenated alkanes) is 1. The van der Waals surface area contributed by atoms with Crippen molar-refractivity contribution in [2.75, 3.05) is 0 Å². The van der Waals surface area contributed by atoms with Crippen LogP contribution in [0.15, 0.2) is 24.3 Å². The molecule has 0 amide bonds. The predicted molar refractivity (Wildman–Crippen MR) is 65.2 cm³/mol. The van der Waals surface area contributed by atoms with Crippen LogP contribution in [0.5, 0.6) is 0 Å². The van der Waals surface area contributed by atoms with E-state index in [9.17, 15) is 4.79 Å². The van der Waals surface area contributed by atoms with Gasteiger partial charge >= 0.3 is 5.97 Å². The van der Waals surface area contributed by atoms with Crippen molar-refractivity contribution in [1.82, 2.24) is 0 Å². The first-order valence-electron chi connectivity index (χ1n) is 5.87. The van der Waals surface area contributed by atoms with Crippen molar-refractivity contribution in [3.63, 3.8) is 0 Å². The lowest BCUT2D eigenvalue weighted by Crippen LogP contribution is -2.08. The molecule has 0 bridgehead atoms. The fraction of sp³-hybridized carbons (Fsp3) is 0.500. The van der Waals surface area contributed by atoms with Crippen molar-refractivity contribution < 1.29 is 9.53 Å². The number of ether oxygens (including phenoxy) is 1. The molecule has 1 atom stereocenters. The van der Waals surface area contributed by atoms with Gasteiger partial charge in [0, 0.05) is 6.92 Å². The summed E-state index contributed by atoms with van der Waals surface area (Å²) in [4.78, 5) is 11.1. The van der Waals surface area contributed by atoms with Gasteiger partial charge in [-0.05, 0) is 25.3 Å². The van der Waals surface area contributed by atoms with Gasteiger partial charge < -0.3 is 4.74 Å². The van der Waals surface area contributed by atoms with Crippen LogP contribution >= 0.6 is 0 Å². The lowest BCUT2D eigenvalue weighted by molar-refractivity contribution is -0.147. The second-order valence-corrected chi connectivity index (χ2v) is 4.15. The standard InChI is InChI=1S/C14H20O2/c1-4-5-9-14(16-12(3)15)13-8-6-7-11(2)10-13/h6-8,10,14H,4-5,9H2,1-3H3. The smallest absolute Gasteiger partial charge is 0.303 e. The van der Waals surface area contributed by atoms with Gasteiger partial charge in [0.25, 0.3) is 0 Å². The second kappa shape index (κ2) is 6.31. The average Bonchev–Trinajstić information content (AvgIpc) is 2.23. The Morgan fingerprint density at radius 1 is 1.44 bits per heavy atom. The lowest BCUT2D eigenvalue weighted by Gasteiger charge is -2.17. The highest BCUT2D eigenvalue weighted by atomic mass is 16.5. The van der Waals surface area contributed by atoms with Crippen LogP contribution in [-0.4, -0.2) is 5.97 Å². The summed E-state index contributed by atoms with van der Waals surface area (Å²) in [5.74, 6) is -0.206. The van der Waals surface area contributed by atoms with Crippen molar-refractivity contribution >= 4 is 5.97 Å². The highest BCUT2D eigenvalue weighted by Gasteiger charge is 2.13. The molecule has 0 aliphatic rings. The minimum atomic E-state index is -0.206. The first-order valence-corrected chi connectivity index (χ1v) is 5.87. The van der Waals surface area contributed by atoms with Crippen molar-refractivity contribution in [2.45, 2.75) is 46.1 Å². The summed E-state index contributed by atoms with van der Waals surface area (Å²) in [7, 11) is 0. The normalized spacial score (nSPS) is 12.2. The summed E-state index contributed by atoms with van der Waals surface area (Å²) in [6.07, 6.45) is 3.01. The monoisotopic (exact) mass is 220 g/mol. The quantitative estimate of drug-likeness (QED) is 0.706. The highest BCUT2D eigenvalue weighted by Crippen LogP contribution is 2.24. The first kappa shape index (κ1) is 12.8. The zero-order valence-electron chi connectivity index (χ0n) is 10.3. The number of carbonyl (C=O) groups excluding carboxylic acids is 1. The summed E-state index contributed by atoms with van der Waals surface area (Å²) in [6, 6.07) is 8.17. The maximum atomic E-state index is 11.1. The molecule has 0 spiro atoms. The fourth-order valence-electron chi connectivity index (χ4n) is 1.75. The molecule has 0 N–H and O–H groups in total. The Bertz CT molecular complexity index is 344. The molecule has 1 unspecified atom stereocenters. The fourth-order valence-corrected chi connectivity index (χ4v) is 1.75. The first-order chi connectivity index (χ1) is 7.63. The number of esters is 1. The van der Waals surface area contributed by atoms with Crippen LogP contribution in [0.4, 0.5) is 0 Å². The molecule has 16 heavy (non-hydrogen) atoms. The Hall–Kier alpha value is -1.31. The van der Waals surface area contributed by atoms with Crippen LogP contribution in [0.3, 0.4) is 0 Å². The molecule has 1 rings (SSSR count). The molecule has 88 valence electrons. The molecule has 0 aromatic heterocycles. The topological polar surface area (TPSA) is 26.3 Å². The largest absolute Gasteiger partial charge is 0.458 e. The van der Waals surface area contributed by atoms with Gasteiger partial charge in [-0.2, -0.15) is 0 Å². The molecule has 0 radical (unpaired) electrons. The maximum Gasteiger partial charge on any atom is 0.303 e. The number of benzene rings is 1. The summed E-state index contributed by atoms with van der Waals surface area (Å²) in [5, 5.41) is 0. The number of carbonyl (C=O) groups is 1. The molecular weight excluding hydrogens is 200 g/mol. The second-order valence-electron chi connectivity index (χ2n) is 4.15. The Balaban J connectivity index is 2.78. The molecule has 0 fully saturated rings. The molecule has 0 saturated heterocycles. The van der Waals surface area contributed by atoms with Crippen LogP contribution in [0.1, 0.15) is 50.3 Å². The van der Waals surface area contributed by atoms with E-state index in [-0.39, 0.29) is 12.1 Å². The van der Waals surface area contributed by atoms with Crippen LogP contribution in [0.25, 0.3) is 0 Å². The summed E-state index contributed by atoms with van der Waals surface area (Å²) < 4.78 is 5.35. The van der Waals surface area contributed by atoms with E-state index in [0.29, 0.717) is 0 Å². The number of hydrogen-bond acceptors (Lipinski definition) is 2. The van der Waals surface area contributed by atoms with Gasteiger partial charge in [0.05, 0.1) is 0 Å². The SMILES string of the molecule is CCCCC(OC(C)=O)c1cccc(C)c1. The number of rotatable bonds is 5. The lowest BCUT2D eigenvalue weighted by atomic mass is 10.0. The Morgan fingerprint density at radius 3 is 2.75 bits per heavy atom. The Morgan fingerprint density at radius 2 is 2.19 bits per heavy atom. The van der Waals surface area contributed by atoms with Crippen LogP contribution in [-0.2, 0) is 9.53 Å².